The Morgan fingerprint density at radius 2 is 2.41 bits per heavy atom. The average molecular weight is 255 g/mol. The Morgan fingerprint density at radius 1 is 1.65 bits per heavy atom. The van der Waals surface area contributed by atoms with Crippen molar-refractivity contribution in [3.05, 3.63) is 5.82 Å². The van der Waals surface area contributed by atoms with Gasteiger partial charge in [-0.25, -0.2) is 4.98 Å². The molecule has 17 heavy (non-hydrogen) atoms. The van der Waals surface area contributed by atoms with Crippen LogP contribution in [0.5, 0.6) is 0 Å². The fraction of sp³-hybridized carbons (Fsp3) is 0.727. The van der Waals surface area contributed by atoms with Gasteiger partial charge in [-0.05, 0) is 19.8 Å². The van der Waals surface area contributed by atoms with E-state index in [0.29, 0.717) is 13.0 Å². The zero-order valence-corrected chi connectivity index (χ0v) is 11.0. The number of aryl methyl sites for hydroxylation is 1. The first kappa shape index (κ1) is 12.3. The van der Waals surface area contributed by atoms with Crippen molar-refractivity contribution in [1.29, 1.82) is 0 Å². The number of anilines is 1. The first-order valence-electron chi connectivity index (χ1n) is 5.86. The number of nitrogens with zero attached hydrogens (tertiary/aromatic N) is 3. The van der Waals surface area contributed by atoms with Crippen LogP contribution in [0.2, 0.25) is 0 Å². The molecule has 0 radical (unpaired) electrons. The Labute approximate surface area is 105 Å². The molecule has 0 bridgehead atoms. The third-order valence-electron chi connectivity index (χ3n) is 3.19. The van der Waals surface area contributed by atoms with E-state index < -0.39 is 11.4 Å². The smallest absolute Gasteiger partial charge is 0.311 e. The molecule has 1 aromatic heterocycles. The van der Waals surface area contributed by atoms with Crippen molar-refractivity contribution in [3.8, 4) is 0 Å². The fourth-order valence-electron chi connectivity index (χ4n) is 2.00. The summed E-state index contributed by atoms with van der Waals surface area (Å²) in [5.41, 5.74) is -0.642. The third-order valence-corrected chi connectivity index (χ3v) is 4.01. The minimum atomic E-state index is -0.724. The average Bonchev–Trinajstić information content (AvgIpc) is 2.86. The zero-order chi connectivity index (χ0) is 12.5. The Hall–Kier alpha value is -1.17. The van der Waals surface area contributed by atoms with Gasteiger partial charge in [-0.2, -0.15) is 4.37 Å². The number of aliphatic carboxylic acids is 1. The van der Waals surface area contributed by atoms with Crippen LogP contribution in [-0.2, 0) is 11.2 Å². The van der Waals surface area contributed by atoms with Crippen molar-refractivity contribution in [1.82, 2.24) is 9.36 Å². The largest absolute Gasteiger partial charge is 0.481 e. The molecule has 1 fully saturated rings. The first-order chi connectivity index (χ1) is 8.05. The van der Waals surface area contributed by atoms with Crippen molar-refractivity contribution < 1.29 is 9.90 Å². The molecule has 1 unspecified atom stereocenters. The van der Waals surface area contributed by atoms with Crippen LogP contribution in [0.4, 0.5) is 5.13 Å². The predicted molar refractivity (Wildman–Crippen MR) is 66.5 cm³/mol. The second-order valence-electron chi connectivity index (χ2n) is 4.78. The molecule has 1 aliphatic rings. The summed E-state index contributed by atoms with van der Waals surface area (Å²) < 4.78 is 4.28. The Morgan fingerprint density at radius 3 is 3.00 bits per heavy atom. The first-order valence-corrected chi connectivity index (χ1v) is 6.63. The van der Waals surface area contributed by atoms with E-state index in [9.17, 15) is 4.79 Å². The van der Waals surface area contributed by atoms with E-state index in [1.807, 2.05) is 4.90 Å². The van der Waals surface area contributed by atoms with Gasteiger partial charge < -0.3 is 10.0 Å². The monoisotopic (exact) mass is 255 g/mol. The molecule has 1 atom stereocenters. The van der Waals surface area contributed by atoms with Crippen LogP contribution in [-0.4, -0.2) is 33.5 Å². The number of carboxylic acids is 1. The van der Waals surface area contributed by atoms with E-state index in [1.54, 1.807) is 6.92 Å². The second kappa shape index (κ2) is 4.60. The minimum Gasteiger partial charge on any atom is -0.481 e. The van der Waals surface area contributed by atoms with E-state index in [2.05, 4.69) is 16.3 Å². The summed E-state index contributed by atoms with van der Waals surface area (Å²) >= 11 is 1.37. The number of aromatic nitrogens is 2. The summed E-state index contributed by atoms with van der Waals surface area (Å²) in [6, 6.07) is 0. The van der Waals surface area contributed by atoms with Gasteiger partial charge in [0.05, 0.1) is 5.41 Å². The Bertz CT molecular complexity index is 421. The molecule has 0 saturated carbocycles. The van der Waals surface area contributed by atoms with E-state index in [0.717, 1.165) is 30.3 Å². The number of carboxylic acid groups (broad SMARTS) is 1. The maximum atomic E-state index is 11.1. The van der Waals surface area contributed by atoms with Gasteiger partial charge in [-0.1, -0.05) is 6.92 Å². The number of carbonyl (C=O) groups is 1. The van der Waals surface area contributed by atoms with Crippen LogP contribution in [0.25, 0.3) is 0 Å². The summed E-state index contributed by atoms with van der Waals surface area (Å²) in [7, 11) is 0. The molecular formula is C11H17N3O2S. The van der Waals surface area contributed by atoms with Crippen molar-refractivity contribution in [2.45, 2.75) is 33.1 Å². The van der Waals surface area contributed by atoms with Crippen molar-refractivity contribution in [2.24, 2.45) is 5.41 Å². The van der Waals surface area contributed by atoms with E-state index in [1.165, 1.54) is 11.5 Å². The summed E-state index contributed by atoms with van der Waals surface area (Å²) in [6.45, 7) is 5.17. The van der Waals surface area contributed by atoms with Crippen LogP contribution in [0.15, 0.2) is 0 Å². The number of hydrogen-bond donors (Lipinski definition) is 1. The standard InChI is InChI=1S/C11H17N3O2S/c1-3-4-8-12-10(17-13-8)14-6-5-11(2,7-14)9(15)16/h3-7H2,1-2H3,(H,15,16). The minimum absolute atomic E-state index is 0.531. The van der Waals surface area contributed by atoms with Crippen LogP contribution < -0.4 is 4.90 Å². The molecule has 6 heteroatoms. The lowest BCUT2D eigenvalue weighted by atomic mass is 9.90. The SMILES string of the molecule is CCCc1nsc(N2CCC(C)(C(=O)O)C2)n1. The maximum Gasteiger partial charge on any atom is 0.311 e. The third kappa shape index (κ3) is 2.41. The normalized spacial score (nSPS) is 24.2. The molecule has 94 valence electrons. The van der Waals surface area contributed by atoms with Gasteiger partial charge in [0.15, 0.2) is 0 Å². The molecule has 0 aliphatic carbocycles. The van der Waals surface area contributed by atoms with Gasteiger partial charge in [0.2, 0.25) is 5.13 Å². The highest BCUT2D eigenvalue weighted by atomic mass is 32.1. The molecule has 1 saturated heterocycles. The van der Waals surface area contributed by atoms with Crippen molar-refractivity contribution in [3.63, 3.8) is 0 Å². The summed E-state index contributed by atoms with van der Waals surface area (Å²) in [5.74, 6) is 0.148. The highest BCUT2D eigenvalue weighted by Crippen LogP contribution is 2.34. The molecule has 2 rings (SSSR count). The quantitative estimate of drug-likeness (QED) is 0.888. The van der Waals surface area contributed by atoms with Crippen molar-refractivity contribution >= 4 is 22.6 Å². The van der Waals surface area contributed by atoms with E-state index in [-0.39, 0.29) is 0 Å². The fourth-order valence-corrected chi connectivity index (χ4v) is 2.73. The number of hydrogen-bond acceptors (Lipinski definition) is 5. The zero-order valence-electron chi connectivity index (χ0n) is 10.1. The van der Waals surface area contributed by atoms with Gasteiger partial charge >= 0.3 is 5.97 Å². The Balaban J connectivity index is 2.07. The van der Waals surface area contributed by atoms with E-state index in [4.69, 9.17) is 5.11 Å². The molecule has 0 amide bonds. The topological polar surface area (TPSA) is 66.3 Å². The molecule has 5 nitrogen and oxygen atoms in total. The van der Waals surface area contributed by atoms with Crippen LogP contribution in [0, 0.1) is 5.41 Å². The molecular weight excluding hydrogens is 238 g/mol. The molecule has 1 aromatic rings. The number of rotatable bonds is 4. The summed E-state index contributed by atoms with van der Waals surface area (Å²) in [5, 5.41) is 10.0. The van der Waals surface area contributed by atoms with Gasteiger partial charge in [0.1, 0.15) is 5.82 Å². The lowest BCUT2D eigenvalue weighted by Gasteiger charge is -2.18. The van der Waals surface area contributed by atoms with Gasteiger partial charge in [-0.3, -0.25) is 4.79 Å². The summed E-state index contributed by atoms with van der Waals surface area (Å²) in [6.07, 6.45) is 2.59. The van der Waals surface area contributed by atoms with E-state index >= 15 is 0 Å². The molecule has 1 N–H and O–H groups in total. The van der Waals surface area contributed by atoms with Crippen LogP contribution in [0.1, 0.15) is 32.5 Å². The molecule has 0 spiro atoms. The van der Waals surface area contributed by atoms with Gasteiger partial charge in [0, 0.05) is 31.0 Å². The highest BCUT2D eigenvalue weighted by Gasteiger charge is 2.41. The van der Waals surface area contributed by atoms with Gasteiger partial charge in [0.25, 0.3) is 0 Å². The lowest BCUT2D eigenvalue weighted by Crippen LogP contribution is -2.31. The Kier molecular flexibility index (Phi) is 3.33. The van der Waals surface area contributed by atoms with Crippen LogP contribution in [0.3, 0.4) is 0 Å². The molecule has 0 aromatic carbocycles. The molecule has 1 aliphatic heterocycles. The van der Waals surface area contributed by atoms with Crippen LogP contribution >= 0.6 is 11.5 Å². The second-order valence-corrected chi connectivity index (χ2v) is 5.51. The predicted octanol–water partition coefficient (Wildman–Crippen LogP) is 1.79. The summed E-state index contributed by atoms with van der Waals surface area (Å²) in [4.78, 5) is 17.6. The highest BCUT2D eigenvalue weighted by molar-refractivity contribution is 7.09. The van der Waals surface area contributed by atoms with Gasteiger partial charge in [-0.15, -0.1) is 0 Å². The molecule has 2 heterocycles. The maximum absolute atomic E-state index is 11.1. The lowest BCUT2D eigenvalue weighted by molar-refractivity contribution is -0.146. The van der Waals surface area contributed by atoms with Crippen molar-refractivity contribution in [2.75, 3.05) is 18.0 Å².